The molecule has 90 valence electrons. The van der Waals surface area contributed by atoms with Gasteiger partial charge in [-0.25, -0.2) is 14.8 Å². The number of aromatic nitrogens is 2. The van der Waals surface area contributed by atoms with Crippen LogP contribution in [0.1, 0.15) is 47.2 Å². The number of carbonyl (C=O) groups excluding carboxylic acids is 1. The average molecular weight is 235 g/mol. The van der Waals surface area contributed by atoms with Gasteiger partial charge in [0.2, 0.25) is 0 Å². The summed E-state index contributed by atoms with van der Waals surface area (Å²) < 4.78 is 0. The number of hydrogen-bond acceptors (Lipinski definition) is 4. The molecule has 1 aromatic rings. The van der Waals surface area contributed by atoms with E-state index >= 15 is 0 Å². The van der Waals surface area contributed by atoms with E-state index in [1.54, 1.807) is 0 Å². The SMILES string of the molecule is CC1(NC(=O)c2cnc(C(=O)O)cn2)CCC1. The highest BCUT2D eigenvalue weighted by atomic mass is 16.4. The molecule has 0 aromatic carbocycles. The van der Waals surface area contributed by atoms with Crippen LogP contribution in [0.5, 0.6) is 0 Å². The third-order valence-electron chi connectivity index (χ3n) is 2.98. The van der Waals surface area contributed by atoms with E-state index in [4.69, 9.17) is 5.11 Å². The Kier molecular flexibility index (Phi) is 2.79. The monoisotopic (exact) mass is 235 g/mol. The van der Waals surface area contributed by atoms with E-state index in [9.17, 15) is 9.59 Å². The third kappa shape index (κ3) is 2.41. The number of carboxylic acids is 1. The zero-order valence-electron chi connectivity index (χ0n) is 9.43. The van der Waals surface area contributed by atoms with Crippen LogP contribution in [0.3, 0.4) is 0 Å². The molecule has 0 bridgehead atoms. The van der Waals surface area contributed by atoms with Gasteiger partial charge in [0, 0.05) is 5.54 Å². The molecule has 0 saturated heterocycles. The first-order valence-corrected chi connectivity index (χ1v) is 5.38. The van der Waals surface area contributed by atoms with Crippen LogP contribution in [-0.4, -0.2) is 32.5 Å². The van der Waals surface area contributed by atoms with E-state index in [0.29, 0.717) is 0 Å². The van der Waals surface area contributed by atoms with Gasteiger partial charge in [-0.1, -0.05) is 0 Å². The molecule has 1 saturated carbocycles. The first-order chi connectivity index (χ1) is 8.00. The minimum atomic E-state index is -1.16. The molecule has 0 atom stereocenters. The Morgan fingerprint density at radius 2 is 1.88 bits per heavy atom. The second-order valence-corrected chi connectivity index (χ2v) is 4.46. The normalized spacial score (nSPS) is 17.0. The predicted molar refractivity (Wildman–Crippen MR) is 58.7 cm³/mol. The van der Waals surface area contributed by atoms with Crippen molar-refractivity contribution in [2.75, 3.05) is 0 Å². The minimum Gasteiger partial charge on any atom is -0.476 e. The molecule has 2 rings (SSSR count). The Balaban J connectivity index is 2.06. The van der Waals surface area contributed by atoms with Crippen molar-refractivity contribution in [2.45, 2.75) is 31.7 Å². The van der Waals surface area contributed by atoms with Crippen molar-refractivity contribution in [1.29, 1.82) is 0 Å². The van der Waals surface area contributed by atoms with Crippen molar-refractivity contribution < 1.29 is 14.7 Å². The lowest BCUT2D eigenvalue weighted by Gasteiger charge is -2.38. The van der Waals surface area contributed by atoms with Crippen LogP contribution >= 0.6 is 0 Å². The number of carboxylic acid groups (broad SMARTS) is 1. The quantitative estimate of drug-likeness (QED) is 0.810. The fourth-order valence-electron chi connectivity index (χ4n) is 1.73. The molecule has 6 heteroatoms. The first-order valence-electron chi connectivity index (χ1n) is 5.38. The highest BCUT2D eigenvalue weighted by Crippen LogP contribution is 2.30. The maximum absolute atomic E-state index is 11.8. The number of rotatable bonds is 3. The van der Waals surface area contributed by atoms with E-state index in [1.807, 2.05) is 6.92 Å². The standard InChI is InChI=1S/C11H13N3O3/c1-11(3-2-4-11)14-9(15)7-5-13-8(6-12-7)10(16)17/h5-6H,2-4H2,1H3,(H,14,15)(H,16,17). The van der Waals surface area contributed by atoms with Gasteiger partial charge in [-0.15, -0.1) is 0 Å². The van der Waals surface area contributed by atoms with Gasteiger partial charge >= 0.3 is 5.97 Å². The Bertz CT molecular complexity index is 452. The number of hydrogen-bond donors (Lipinski definition) is 2. The zero-order valence-corrected chi connectivity index (χ0v) is 9.43. The maximum Gasteiger partial charge on any atom is 0.356 e. The number of nitrogens with one attached hydrogen (secondary N) is 1. The van der Waals surface area contributed by atoms with E-state index < -0.39 is 5.97 Å². The minimum absolute atomic E-state index is 0.142. The topological polar surface area (TPSA) is 92.2 Å². The van der Waals surface area contributed by atoms with Crippen LogP contribution in [0.25, 0.3) is 0 Å². The first kappa shape index (κ1) is 11.5. The summed E-state index contributed by atoms with van der Waals surface area (Å²) in [6, 6.07) is 0. The van der Waals surface area contributed by atoms with Crippen molar-refractivity contribution in [1.82, 2.24) is 15.3 Å². The highest BCUT2D eigenvalue weighted by molar-refractivity contribution is 5.93. The predicted octanol–water partition coefficient (Wildman–Crippen LogP) is 0.847. The summed E-state index contributed by atoms with van der Waals surface area (Å²) in [6.45, 7) is 1.98. The van der Waals surface area contributed by atoms with Crippen molar-refractivity contribution in [2.24, 2.45) is 0 Å². The Morgan fingerprint density at radius 1 is 1.29 bits per heavy atom. The molecule has 1 aromatic heterocycles. The van der Waals surface area contributed by atoms with Crippen LogP contribution in [0, 0.1) is 0 Å². The largest absolute Gasteiger partial charge is 0.476 e. The molecule has 1 fully saturated rings. The molecular formula is C11H13N3O3. The maximum atomic E-state index is 11.8. The summed E-state index contributed by atoms with van der Waals surface area (Å²) in [5, 5.41) is 11.5. The molecule has 2 N–H and O–H groups in total. The van der Waals surface area contributed by atoms with Crippen molar-refractivity contribution in [3.63, 3.8) is 0 Å². The molecule has 0 unspecified atom stereocenters. The fourth-order valence-corrected chi connectivity index (χ4v) is 1.73. The van der Waals surface area contributed by atoms with Gasteiger partial charge in [0.1, 0.15) is 5.69 Å². The Hall–Kier alpha value is -1.98. The highest BCUT2D eigenvalue weighted by Gasteiger charge is 2.33. The Morgan fingerprint density at radius 3 is 2.29 bits per heavy atom. The van der Waals surface area contributed by atoms with E-state index in [0.717, 1.165) is 25.5 Å². The molecular weight excluding hydrogens is 222 g/mol. The van der Waals surface area contributed by atoms with Gasteiger partial charge < -0.3 is 10.4 Å². The molecule has 17 heavy (non-hydrogen) atoms. The summed E-state index contributed by atoms with van der Waals surface area (Å²) in [5.74, 6) is -1.47. The van der Waals surface area contributed by atoms with Gasteiger partial charge in [-0.3, -0.25) is 4.79 Å². The summed E-state index contributed by atoms with van der Waals surface area (Å²) in [7, 11) is 0. The number of carbonyl (C=O) groups is 2. The summed E-state index contributed by atoms with van der Waals surface area (Å²) >= 11 is 0. The van der Waals surface area contributed by atoms with Gasteiger partial charge in [-0.2, -0.15) is 0 Å². The van der Waals surface area contributed by atoms with Crippen LogP contribution in [0.15, 0.2) is 12.4 Å². The molecule has 1 amide bonds. The van der Waals surface area contributed by atoms with Gasteiger partial charge in [0.25, 0.3) is 5.91 Å². The molecule has 0 spiro atoms. The molecule has 0 radical (unpaired) electrons. The lowest BCUT2D eigenvalue weighted by Crippen LogP contribution is -2.51. The Labute approximate surface area is 98.1 Å². The van der Waals surface area contributed by atoms with E-state index in [1.165, 1.54) is 6.20 Å². The fraction of sp³-hybridized carbons (Fsp3) is 0.455. The molecule has 0 aliphatic heterocycles. The lowest BCUT2D eigenvalue weighted by molar-refractivity contribution is 0.0688. The van der Waals surface area contributed by atoms with E-state index in [-0.39, 0.29) is 22.8 Å². The molecule has 1 heterocycles. The number of aromatic carboxylic acids is 1. The third-order valence-corrected chi connectivity index (χ3v) is 2.98. The van der Waals surface area contributed by atoms with Crippen molar-refractivity contribution in [3.05, 3.63) is 23.8 Å². The second kappa shape index (κ2) is 4.12. The lowest BCUT2D eigenvalue weighted by atomic mass is 9.78. The van der Waals surface area contributed by atoms with Crippen LogP contribution in [0.2, 0.25) is 0 Å². The zero-order chi connectivity index (χ0) is 12.5. The van der Waals surface area contributed by atoms with Crippen LogP contribution < -0.4 is 5.32 Å². The molecule has 1 aliphatic carbocycles. The summed E-state index contributed by atoms with van der Waals surface area (Å²) in [4.78, 5) is 29.8. The summed E-state index contributed by atoms with van der Waals surface area (Å²) in [5.41, 5.74) is -0.177. The molecule has 6 nitrogen and oxygen atoms in total. The van der Waals surface area contributed by atoms with Crippen molar-refractivity contribution >= 4 is 11.9 Å². The van der Waals surface area contributed by atoms with E-state index in [2.05, 4.69) is 15.3 Å². The van der Waals surface area contributed by atoms with Crippen LogP contribution in [0.4, 0.5) is 0 Å². The van der Waals surface area contributed by atoms with Gasteiger partial charge in [-0.05, 0) is 26.2 Å². The van der Waals surface area contributed by atoms with Gasteiger partial charge in [0.05, 0.1) is 12.4 Å². The smallest absolute Gasteiger partial charge is 0.356 e. The average Bonchev–Trinajstić information content (AvgIpc) is 2.27. The van der Waals surface area contributed by atoms with Gasteiger partial charge in [0.15, 0.2) is 5.69 Å². The number of nitrogens with zero attached hydrogens (tertiary/aromatic N) is 2. The van der Waals surface area contributed by atoms with Crippen molar-refractivity contribution in [3.8, 4) is 0 Å². The number of amides is 1. The van der Waals surface area contributed by atoms with Crippen LogP contribution in [-0.2, 0) is 0 Å². The molecule has 1 aliphatic rings. The second-order valence-electron chi connectivity index (χ2n) is 4.46. The summed E-state index contributed by atoms with van der Waals surface area (Å²) in [6.07, 6.45) is 5.29.